The molecular formula is C15H17ClN2O3S2. The number of aliphatic imine (C=N–C) groups is 1. The molecule has 0 aromatic heterocycles. The molecule has 8 heteroatoms. The van der Waals surface area contributed by atoms with Crippen LogP contribution in [-0.2, 0) is 14.6 Å². The summed E-state index contributed by atoms with van der Waals surface area (Å²) in [6.07, 6.45) is 1.12. The van der Waals surface area contributed by atoms with Crippen LogP contribution in [0.3, 0.4) is 0 Å². The minimum Gasteiger partial charge on any atom is -0.316 e. The lowest BCUT2D eigenvalue weighted by atomic mass is 10.2. The first-order valence-corrected chi connectivity index (χ1v) is 10.5. The van der Waals surface area contributed by atoms with Gasteiger partial charge < -0.3 is 4.90 Å². The molecule has 0 spiro atoms. The normalized spacial score (nSPS) is 27.4. The van der Waals surface area contributed by atoms with Crippen LogP contribution in [0.1, 0.15) is 19.8 Å². The van der Waals surface area contributed by atoms with Crippen LogP contribution in [0.25, 0.3) is 0 Å². The van der Waals surface area contributed by atoms with Gasteiger partial charge in [-0.1, -0.05) is 36.4 Å². The third-order valence-electron chi connectivity index (χ3n) is 3.84. The number of carbonyl (C=O) groups is 1. The van der Waals surface area contributed by atoms with E-state index in [1.165, 1.54) is 11.8 Å². The first-order chi connectivity index (χ1) is 10.9. The zero-order valence-corrected chi connectivity index (χ0v) is 15.0. The highest BCUT2D eigenvalue weighted by atomic mass is 35.5. The smallest absolute Gasteiger partial charge is 0.248 e. The number of amides is 1. The van der Waals surface area contributed by atoms with Gasteiger partial charge in [-0.25, -0.2) is 8.42 Å². The Morgan fingerprint density at radius 2 is 2.22 bits per heavy atom. The van der Waals surface area contributed by atoms with Crippen molar-refractivity contribution in [2.24, 2.45) is 4.99 Å². The number of anilines is 1. The maximum atomic E-state index is 11.9. The highest BCUT2D eigenvalue weighted by Crippen LogP contribution is 2.41. The van der Waals surface area contributed by atoms with Crippen LogP contribution in [0.5, 0.6) is 0 Å². The predicted octanol–water partition coefficient (Wildman–Crippen LogP) is 2.74. The summed E-state index contributed by atoms with van der Waals surface area (Å²) in [6.45, 7) is 1.93. The van der Waals surface area contributed by atoms with E-state index in [-0.39, 0.29) is 28.7 Å². The van der Waals surface area contributed by atoms with Crippen LogP contribution in [0, 0.1) is 0 Å². The molecule has 2 heterocycles. The summed E-state index contributed by atoms with van der Waals surface area (Å²) in [5, 5.41) is 1.05. The lowest BCUT2D eigenvalue weighted by Crippen LogP contribution is -2.37. The fourth-order valence-corrected chi connectivity index (χ4v) is 6.98. The lowest BCUT2D eigenvalue weighted by molar-refractivity contribution is -0.117. The Kier molecular flexibility index (Phi) is 4.71. The summed E-state index contributed by atoms with van der Waals surface area (Å²) in [4.78, 5) is 18.0. The van der Waals surface area contributed by atoms with Crippen molar-refractivity contribution in [3.8, 4) is 0 Å². The minimum absolute atomic E-state index is 0.0815. The largest absolute Gasteiger partial charge is 0.316 e. The van der Waals surface area contributed by atoms with Crippen molar-refractivity contribution in [3.05, 3.63) is 29.3 Å². The average molecular weight is 373 g/mol. The fourth-order valence-electron chi connectivity index (χ4n) is 2.87. The van der Waals surface area contributed by atoms with Gasteiger partial charge in [0.2, 0.25) is 5.91 Å². The lowest BCUT2D eigenvalue weighted by Gasteiger charge is -2.24. The maximum Gasteiger partial charge on any atom is 0.248 e. The second-order valence-electron chi connectivity index (χ2n) is 5.69. The standard InChI is InChI=1S/C15H17ClN2O3S2/c1-2-4-14(19)17-15-18(11-6-3-5-10(16)7-11)12-8-23(20,21)9-13(12)22-15/h3,5-7,12-13H,2,4,8-9H2,1H3. The first kappa shape index (κ1) is 16.8. The summed E-state index contributed by atoms with van der Waals surface area (Å²) < 4.78 is 23.9. The van der Waals surface area contributed by atoms with Gasteiger partial charge in [-0.15, -0.1) is 0 Å². The van der Waals surface area contributed by atoms with Crippen molar-refractivity contribution >= 4 is 50.0 Å². The maximum absolute atomic E-state index is 11.9. The third-order valence-corrected chi connectivity index (χ3v) is 7.28. The minimum atomic E-state index is -3.05. The first-order valence-electron chi connectivity index (χ1n) is 7.43. The van der Waals surface area contributed by atoms with Gasteiger partial charge in [-0.05, 0) is 24.6 Å². The quantitative estimate of drug-likeness (QED) is 0.816. The summed E-state index contributed by atoms with van der Waals surface area (Å²) >= 11 is 7.45. The molecule has 124 valence electrons. The summed E-state index contributed by atoms with van der Waals surface area (Å²) in [6, 6.07) is 7.01. The molecule has 2 fully saturated rings. The van der Waals surface area contributed by atoms with E-state index >= 15 is 0 Å². The molecular weight excluding hydrogens is 356 g/mol. The average Bonchev–Trinajstić information content (AvgIpc) is 2.89. The van der Waals surface area contributed by atoms with Gasteiger partial charge in [0.1, 0.15) is 0 Å². The molecule has 2 aliphatic rings. The summed E-state index contributed by atoms with van der Waals surface area (Å²) in [7, 11) is -3.05. The van der Waals surface area contributed by atoms with Crippen molar-refractivity contribution in [2.45, 2.75) is 31.1 Å². The van der Waals surface area contributed by atoms with Gasteiger partial charge in [0.15, 0.2) is 15.0 Å². The molecule has 0 bridgehead atoms. The molecule has 1 amide bonds. The van der Waals surface area contributed by atoms with E-state index in [0.29, 0.717) is 16.6 Å². The number of thioether (sulfide) groups is 1. The number of carbonyl (C=O) groups excluding carboxylic acids is 1. The Hall–Kier alpha value is -1.05. The summed E-state index contributed by atoms with van der Waals surface area (Å²) in [5.41, 5.74) is 0.776. The Labute approximate surface area is 145 Å². The second kappa shape index (κ2) is 6.45. The van der Waals surface area contributed by atoms with Gasteiger partial charge in [-0.2, -0.15) is 4.99 Å². The molecule has 2 unspecified atom stereocenters. The zero-order chi connectivity index (χ0) is 16.6. The number of amidine groups is 1. The molecule has 0 N–H and O–H groups in total. The van der Waals surface area contributed by atoms with Crippen LogP contribution in [-0.4, -0.2) is 42.3 Å². The topological polar surface area (TPSA) is 66.8 Å². The Balaban J connectivity index is 1.99. The summed E-state index contributed by atoms with van der Waals surface area (Å²) in [5.74, 6) is 0.0308. The van der Waals surface area contributed by atoms with E-state index in [4.69, 9.17) is 11.6 Å². The molecule has 0 saturated carbocycles. The fraction of sp³-hybridized carbons (Fsp3) is 0.467. The Bertz CT molecular complexity index is 764. The van der Waals surface area contributed by atoms with Gasteiger partial charge >= 0.3 is 0 Å². The molecule has 0 aliphatic carbocycles. The molecule has 2 aliphatic heterocycles. The van der Waals surface area contributed by atoms with Gasteiger partial charge in [0.25, 0.3) is 0 Å². The van der Waals surface area contributed by atoms with Crippen molar-refractivity contribution in [1.29, 1.82) is 0 Å². The van der Waals surface area contributed by atoms with Crippen LogP contribution in [0.15, 0.2) is 29.3 Å². The monoisotopic (exact) mass is 372 g/mol. The predicted molar refractivity (Wildman–Crippen MR) is 95.1 cm³/mol. The molecule has 2 saturated heterocycles. The zero-order valence-electron chi connectivity index (χ0n) is 12.6. The van der Waals surface area contributed by atoms with Gasteiger partial charge in [0.05, 0.1) is 17.5 Å². The van der Waals surface area contributed by atoms with Crippen molar-refractivity contribution < 1.29 is 13.2 Å². The SMILES string of the molecule is CCCC(=O)N=C1SC2CS(=O)(=O)CC2N1c1cccc(Cl)c1. The Morgan fingerprint density at radius 1 is 1.43 bits per heavy atom. The van der Waals surface area contributed by atoms with Crippen LogP contribution in [0.4, 0.5) is 5.69 Å². The number of hydrogen-bond acceptors (Lipinski definition) is 4. The molecule has 23 heavy (non-hydrogen) atoms. The highest BCUT2D eigenvalue weighted by molar-refractivity contribution is 8.16. The van der Waals surface area contributed by atoms with E-state index in [1.807, 2.05) is 24.0 Å². The van der Waals surface area contributed by atoms with E-state index in [9.17, 15) is 13.2 Å². The van der Waals surface area contributed by atoms with Crippen molar-refractivity contribution in [1.82, 2.24) is 0 Å². The Morgan fingerprint density at radius 3 is 2.91 bits per heavy atom. The number of halogens is 1. The molecule has 1 aromatic rings. The van der Waals surface area contributed by atoms with Crippen LogP contribution in [0.2, 0.25) is 5.02 Å². The third kappa shape index (κ3) is 3.56. The van der Waals surface area contributed by atoms with E-state index in [2.05, 4.69) is 4.99 Å². The van der Waals surface area contributed by atoms with E-state index in [0.717, 1.165) is 12.1 Å². The van der Waals surface area contributed by atoms with Gasteiger partial charge in [-0.3, -0.25) is 4.79 Å². The number of fused-ring (bicyclic) bond motifs is 1. The van der Waals surface area contributed by atoms with E-state index < -0.39 is 9.84 Å². The number of rotatable bonds is 3. The van der Waals surface area contributed by atoms with Gasteiger partial charge in [0, 0.05) is 22.4 Å². The number of nitrogens with zero attached hydrogens (tertiary/aromatic N) is 2. The molecule has 0 radical (unpaired) electrons. The molecule has 1 aromatic carbocycles. The highest BCUT2D eigenvalue weighted by Gasteiger charge is 2.49. The van der Waals surface area contributed by atoms with Crippen LogP contribution < -0.4 is 4.90 Å². The second-order valence-corrected chi connectivity index (χ2v) is 9.49. The molecule has 5 nitrogen and oxygen atoms in total. The number of hydrogen-bond donors (Lipinski definition) is 0. The molecule has 3 rings (SSSR count). The number of benzene rings is 1. The van der Waals surface area contributed by atoms with Crippen molar-refractivity contribution in [2.75, 3.05) is 16.4 Å². The molecule has 2 atom stereocenters. The van der Waals surface area contributed by atoms with E-state index in [1.54, 1.807) is 12.1 Å². The van der Waals surface area contributed by atoms with Crippen molar-refractivity contribution in [3.63, 3.8) is 0 Å². The van der Waals surface area contributed by atoms with Crippen LogP contribution >= 0.6 is 23.4 Å². The number of sulfone groups is 1.